The second kappa shape index (κ2) is 5.06. The van der Waals surface area contributed by atoms with Crippen LogP contribution in [0.4, 0.5) is 0 Å². The van der Waals surface area contributed by atoms with Gasteiger partial charge in [-0.05, 0) is 12.1 Å². The molecule has 2 rings (SSSR count). The van der Waals surface area contributed by atoms with Gasteiger partial charge in [-0.15, -0.1) is 0 Å². The third-order valence-electron chi connectivity index (χ3n) is 2.74. The average molecular weight is 217 g/mol. The molecule has 0 saturated carbocycles. The van der Waals surface area contributed by atoms with Crippen LogP contribution in [0.25, 0.3) is 0 Å². The Morgan fingerprint density at radius 1 is 1.50 bits per heavy atom. The molecular formula is C12H15N3O. The molecule has 16 heavy (non-hydrogen) atoms. The van der Waals surface area contributed by atoms with E-state index >= 15 is 0 Å². The maximum absolute atomic E-state index is 8.97. The van der Waals surface area contributed by atoms with Crippen molar-refractivity contribution in [3.05, 3.63) is 30.1 Å². The Bertz CT molecular complexity index is 368. The molecular weight excluding hydrogens is 202 g/mol. The van der Waals surface area contributed by atoms with Crippen LogP contribution in [-0.4, -0.2) is 31.3 Å². The van der Waals surface area contributed by atoms with Gasteiger partial charge in [0.25, 0.3) is 0 Å². The van der Waals surface area contributed by atoms with Gasteiger partial charge in [-0.3, -0.25) is 4.98 Å². The van der Waals surface area contributed by atoms with Gasteiger partial charge in [-0.1, -0.05) is 6.07 Å². The number of nitrogens with one attached hydrogen (secondary N) is 1. The van der Waals surface area contributed by atoms with E-state index in [1.165, 1.54) is 0 Å². The zero-order chi connectivity index (χ0) is 11.3. The Labute approximate surface area is 95.3 Å². The van der Waals surface area contributed by atoms with E-state index in [-0.39, 0.29) is 5.41 Å². The number of rotatable bonds is 5. The molecule has 0 amide bonds. The van der Waals surface area contributed by atoms with Crippen LogP contribution in [0.15, 0.2) is 24.4 Å². The van der Waals surface area contributed by atoms with Crippen LogP contribution in [0.3, 0.4) is 0 Å². The minimum Gasteiger partial charge on any atom is -0.378 e. The second-order valence-electron chi connectivity index (χ2n) is 4.13. The molecule has 1 N–H and O–H groups in total. The molecule has 1 saturated heterocycles. The molecule has 1 fully saturated rings. The van der Waals surface area contributed by atoms with Crippen LogP contribution in [0.5, 0.6) is 0 Å². The first-order valence-corrected chi connectivity index (χ1v) is 5.44. The van der Waals surface area contributed by atoms with E-state index in [9.17, 15) is 0 Å². The smallest absolute Gasteiger partial charge is 0.116 e. The lowest BCUT2D eigenvalue weighted by atomic mass is 9.88. The highest BCUT2D eigenvalue weighted by molar-refractivity contribution is 5.06. The molecule has 0 spiro atoms. The Balaban J connectivity index is 1.68. The lowest BCUT2D eigenvalue weighted by molar-refractivity contribution is -0.0752. The monoisotopic (exact) mass is 217 g/mol. The normalized spacial score (nSPS) is 17.4. The van der Waals surface area contributed by atoms with Crippen LogP contribution in [-0.2, 0) is 11.2 Å². The summed E-state index contributed by atoms with van der Waals surface area (Å²) < 4.78 is 5.07. The van der Waals surface area contributed by atoms with Crippen LogP contribution >= 0.6 is 0 Å². The number of pyridine rings is 1. The summed E-state index contributed by atoms with van der Waals surface area (Å²) in [5, 5.41) is 12.3. The largest absolute Gasteiger partial charge is 0.378 e. The van der Waals surface area contributed by atoms with E-state index in [4.69, 9.17) is 10.00 Å². The van der Waals surface area contributed by atoms with Crippen molar-refractivity contribution in [3.8, 4) is 6.07 Å². The summed E-state index contributed by atoms with van der Waals surface area (Å²) in [5.74, 6) is 0. The van der Waals surface area contributed by atoms with Gasteiger partial charge >= 0.3 is 0 Å². The van der Waals surface area contributed by atoms with Gasteiger partial charge in [0.05, 0.1) is 19.3 Å². The maximum Gasteiger partial charge on any atom is 0.116 e. The molecule has 1 aliphatic rings. The fourth-order valence-electron chi connectivity index (χ4n) is 1.64. The van der Waals surface area contributed by atoms with Crippen molar-refractivity contribution in [1.82, 2.24) is 10.3 Å². The summed E-state index contributed by atoms with van der Waals surface area (Å²) in [6, 6.07) is 8.21. The molecule has 1 aromatic heterocycles. The molecule has 0 aromatic carbocycles. The third-order valence-corrected chi connectivity index (χ3v) is 2.74. The fraction of sp³-hybridized carbons (Fsp3) is 0.500. The van der Waals surface area contributed by atoms with Crippen molar-refractivity contribution in [2.24, 2.45) is 5.41 Å². The van der Waals surface area contributed by atoms with Crippen molar-refractivity contribution in [2.45, 2.75) is 6.42 Å². The SMILES string of the molecule is N#CC1(CNCCc2ccccn2)COC1. The first kappa shape index (κ1) is 11.1. The topological polar surface area (TPSA) is 57.9 Å². The molecule has 4 nitrogen and oxygen atoms in total. The molecule has 0 radical (unpaired) electrons. The van der Waals surface area contributed by atoms with Crippen molar-refractivity contribution >= 4 is 0 Å². The minimum absolute atomic E-state index is 0.288. The average Bonchev–Trinajstić information content (AvgIpc) is 2.29. The predicted octanol–water partition coefficient (Wildman–Crippen LogP) is 0.754. The third kappa shape index (κ3) is 2.57. The van der Waals surface area contributed by atoms with E-state index in [0.29, 0.717) is 19.8 Å². The van der Waals surface area contributed by atoms with Crippen molar-refractivity contribution in [3.63, 3.8) is 0 Å². The summed E-state index contributed by atoms with van der Waals surface area (Å²) in [6.45, 7) is 2.66. The van der Waals surface area contributed by atoms with Gasteiger partial charge in [-0.2, -0.15) is 5.26 Å². The predicted molar refractivity (Wildman–Crippen MR) is 59.7 cm³/mol. The first-order chi connectivity index (χ1) is 7.85. The van der Waals surface area contributed by atoms with E-state index < -0.39 is 0 Å². The summed E-state index contributed by atoms with van der Waals surface area (Å²) in [4.78, 5) is 4.24. The number of nitrogens with zero attached hydrogens (tertiary/aromatic N) is 2. The van der Waals surface area contributed by atoms with Gasteiger partial charge in [0.15, 0.2) is 0 Å². The molecule has 1 aromatic rings. The summed E-state index contributed by atoms with van der Waals surface area (Å²) in [6.07, 6.45) is 2.69. The molecule has 84 valence electrons. The first-order valence-electron chi connectivity index (χ1n) is 5.44. The maximum atomic E-state index is 8.97. The Hall–Kier alpha value is -1.44. The minimum atomic E-state index is -0.288. The highest BCUT2D eigenvalue weighted by Crippen LogP contribution is 2.24. The van der Waals surface area contributed by atoms with Gasteiger partial charge in [0.2, 0.25) is 0 Å². The fourth-order valence-corrected chi connectivity index (χ4v) is 1.64. The zero-order valence-corrected chi connectivity index (χ0v) is 9.15. The number of aromatic nitrogens is 1. The molecule has 0 unspecified atom stereocenters. The van der Waals surface area contributed by atoms with Gasteiger partial charge in [0.1, 0.15) is 5.41 Å². The van der Waals surface area contributed by atoms with Gasteiger partial charge < -0.3 is 10.1 Å². The molecule has 2 heterocycles. The lowest BCUT2D eigenvalue weighted by Gasteiger charge is -2.35. The van der Waals surface area contributed by atoms with Crippen LogP contribution in [0.1, 0.15) is 5.69 Å². The number of nitriles is 1. The lowest BCUT2D eigenvalue weighted by Crippen LogP contribution is -2.48. The van der Waals surface area contributed by atoms with E-state index in [0.717, 1.165) is 18.7 Å². The van der Waals surface area contributed by atoms with Crippen molar-refractivity contribution in [1.29, 1.82) is 5.26 Å². The van der Waals surface area contributed by atoms with Crippen molar-refractivity contribution < 1.29 is 4.74 Å². The summed E-state index contributed by atoms with van der Waals surface area (Å²) in [5.41, 5.74) is 0.787. The van der Waals surface area contributed by atoms with E-state index in [2.05, 4.69) is 16.4 Å². The quantitative estimate of drug-likeness (QED) is 0.739. The van der Waals surface area contributed by atoms with Crippen LogP contribution < -0.4 is 5.32 Å². The van der Waals surface area contributed by atoms with E-state index in [1.807, 2.05) is 18.2 Å². The molecule has 0 bridgehead atoms. The number of hydrogen-bond acceptors (Lipinski definition) is 4. The number of ether oxygens (including phenoxy) is 1. The Morgan fingerprint density at radius 3 is 2.94 bits per heavy atom. The Morgan fingerprint density at radius 2 is 2.38 bits per heavy atom. The second-order valence-corrected chi connectivity index (χ2v) is 4.13. The number of hydrogen-bond donors (Lipinski definition) is 1. The summed E-state index contributed by atoms with van der Waals surface area (Å²) >= 11 is 0. The highest BCUT2D eigenvalue weighted by Gasteiger charge is 2.38. The van der Waals surface area contributed by atoms with Crippen LogP contribution in [0.2, 0.25) is 0 Å². The highest BCUT2D eigenvalue weighted by atomic mass is 16.5. The standard InChI is InChI=1S/C12H15N3O/c13-7-12(9-16-10-12)8-14-6-4-11-3-1-2-5-15-11/h1-3,5,14H,4,6,8-10H2. The summed E-state index contributed by atoms with van der Waals surface area (Å²) in [7, 11) is 0. The van der Waals surface area contributed by atoms with Gasteiger partial charge in [-0.25, -0.2) is 0 Å². The zero-order valence-electron chi connectivity index (χ0n) is 9.15. The Kier molecular flexibility index (Phi) is 3.50. The molecule has 4 heteroatoms. The van der Waals surface area contributed by atoms with E-state index in [1.54, 1.807) is 6.20 Å². The van der Waals surface area contributed by atoms with Crippen LogP contribution in [0, 0.1) is 16.7 Å². The van der Waals surface area contributed by atoms with Gasteiger partial charge in [0, 0.05) is 31.4 Å². The molecule has 0 aliphatic carbocycles. The molecule has 1 aliphatic heterocycles. The van der Waals surface area contributed by atoms with Crippen molar-refractivity contribution in [2.75, 3.05) is 26.3 Å². The molecule has 0 atom stereocenters.